The van der Waals surface area contributed by atoms with E-state index in [0.29, 0.717) is 18.9 Å². The molecule has 4 heterocycles. The molecule has 0 aliphatic carbocycles. The normalized spacial score (nSPS) is 21.4. The van der Waals surface area contributed by atoms with Gasteiger partial charge in [0.05, 0.1) is 35.9 Å². The predicted octanol–water partition coefficient (Wildman–Crippen LogP) is 2.74. The number of hydrogen-bond acceptors (Lipinski definition) is 5. The standard InChI is InChI=1S/C21H25ClF4N6O2/c1-12(2)7-29-10-16(19(33)30-6-4-13(23)8-30)32-17(11-29)28-31(20(32)34)9-15-18(22)14(3-5-27-15)21(24,25)26/h3,5,12-13,16H,4,6-11H2,1-2H3. The maximum absolute atomic E-state index is 13.7. The molecule has 2 aliphatic heterocycles. The van der Waals surface area contributed by atoms with E-state index in [9.17, 15) is 27.2 Å². The van der Waals surface area contributed by atoms with Crippen LogP contribution in [-0.2, 0) is 24.1 Å². The number of halogens is 5. The second kappa shape index (κ2) is 9.29. The van der Waals surface area contributed by atoms with Crippen LogP contribution in [0.1, 0.15) is 43.4 Å². The molecule has 1 fully saturated rings. The number of fused-ring (bicyclic) bond motifs is 1. The molecule has 0 saturated carbocycles. The van der Waals surface area contributed by atoms with Crippen molar-refractivity contribution in [2.24, 2.45) is 5.92 Å². The first kappa shape index (κ1) is 24.6. The number of hydrogen-bond donors (Lipinski definition) is 0. The summed E-state index contributed by atoms with van der Waals surface area (Å²) in [4.78, 5) is 33.8. The first-order valence-corrected chi connectivity index (χ1v) is 11.4. The molecule has 0 radical (unpaired) electrons. The molecular formula is C21H25ClF4N6O2. The van der Waals surface area contributed by atoms with E-state index in [4.69, 9.17) is 11.6 Å². The quantitative estimate of drug-likeness (QED) is 0.585. The number of rotatable bonds is 5. The highest BCUT2D eigenvalue weighted by atomic mass is 35.5. The third-order valence-corrected chi connectivity index (χ3v) is 6.39. The van der Waals surface area contributed by atoms with E-state index in [-0.39, 0.29) is 50.1 Å². The fourth-order valence-corrected chi connectivity index (χ4v) is 4.79. The zero-order chi connectivity index (χ0) is 24.8. The van der Waals surface area contributed by atoms with E-state index in [1.165, 1.54) is 9.47 Å². The zero-order valence-corrected chi connectivity index (χ0v) is 19.5. The van der Waals surface area contributed by atoms with E-state index in [0.717, 1.165) is 16.9 Å². The molecular weight excluding hydrogens is 480 g/mol. The maximum Gasteiger partial charge on any atom is 0.417 e. The van der Waals surface area contributed by atoms with Gasteiger partial charge in [-0.25, -0.2) is 13.9 Å². The summed E-state index contributed by atoms with van der Waals surface area (Å²) in [5, 5.41) is 3.71. The molecule has 8 nitrogen and oxygen atoms in total. The molecule has 0 N–H and O–H groups in total. The van der Waals surface area contributed by atoms with Gasteiger partial charge in [-0.3, -0.25) is 19.2 Å². The molecule has 1 saturated heterocycles. The first-order valence-electron chi connectivity index (χ1n) is 11.0. The summed E-state index contributed by atoms with van der Waals surface area (Å²) >= 11 is 5.94. The highest BCUT2D eigenvalue weighted by Crippen LogP contribution is 2.35. The molecule has 186 valence electrons. The summed E-state index contributed by atoms with van der Waals surface area (Å²) in [6.45, 7) is 5.09. The van der Waals surface area contributed by atoms with Gasteiger partial charge in [-0.05, 0) is 18.4 Å². The molecule has 2 aromatic rings. The number of carbonyl (C=O) groups is 1. The van der Waals surface area contributed by atoms with E-state index >= 15 is 0 Å². The lowest BCUT2D eigenvalue weighted by Crippen LogP contribution is -2.49. The Morgan fingerprint density at radius 2 is 2.03 bits per heavy atom. The van der Waals surface area contributed by atoms with Crippen LogP contribution >= 0.6 is 11.6 Å². The molecule has 2 aromatic heterocycles. The van der Waals surface area contributed by atoms with Crippen LogP contribution in [0.15, 0.2) is 17.1 Å². The summed E-state index contributed by atoms with van der Waals surface area (Å²) in [7, 11) is 0. The molecule has 4 rings (SSSR count). The van der Waals surface area contributed by atoms with Gasteiger partial charge in [0.25, 0.3) is 0 Å². The number of nitrogens with zero attached hydrogens (tertiary/aromatic N) is 6. The fraction of sp³-hybridized carbons (Fsp3) is 0.619. The van der Waals surface area contributed by atoms with Crippen LogP contribution in [0.2, 0.25) is 5.02 Å². The van der Waals surface area contributed by atoms with Gasteiger partial charge in [-0.15, -0.1) is 0 Å². The average molecular weight is 505 g/mol. The largest absolute Gasteiger partial charge is 0.417 e. The number of alkyl halides is 4. The van der Waals surface area contributed by atoms with Gasteiger partial charge >= 0.3 is 11.9 Å². The predicted molar refractivity (Wildman–Crippen MR) is 115 cm³/mol. The van der Waals surface area contributed by atoms with Crippen molar-refractivity contribution in [1.82, 2.24) is 29.1 Å². The Morgan fingerprint density at radius 3 is 2.65 bits per heavy atom. The van der Waals surface area contributed by atoms with Crippen LogP contribution in [0.3, 0.4) is 0 Å². The van der Waals surface area contributed by atoms with Crippen molar-refractivity contribution in [1.29, 1.82) is 0 Å². The smallest absolute Gasteiger partial charge is 0.338 e. The van der Waals surface area contributed by atoms with Crippen LogP contribution in [-0.4, -0.2) is 67.4 Å². The van der Waals surface area contributed by atoms with E-state index in [1.807, 2.05) is 18.7 Å². The average Bonchev–Trinajstić information content (AvgIpc) is 3.30. The van der Waals surface area contributed by atoms with Crippen molar-refractivity contribution in [3.8, 4) is 0 Å². The van der Waals surface area contributed by atoms with Crippen LogP contribution in [0, 0.1) is 5.92 Å². The van der Waals surface area contributed by atoms with Gasteiger partial charge in [0.15, 0.2) is 0 Å². The van der Waals surface area contributed by atoms with Gasteiger partial charge in [0, 0.05) is 25.8 Å². The molecule has 13 heteroatoms. The Balaban J connectivity index is 1.70. The Bertz CT molecular complexity index is 1130. The number of pyridine rings is 1. The monoisotopic (exact) mass is 504 g/mol. The lowest BCUT2D eigenvalue weighted by Gasteiger charge is -2.34. The SMILES string of the molecule is CC(C)CN1Cc2nn(Cc3nccc(C(F)(F)F)c3Cl)c(=O)n2C(C(=O)N2CCC(F)C2)C1. The number of carbonyl (C=O) groups excluding carboxylic acids is 1. The third kappa shape index (κ3) is 4.83. The summed E-state index contributed by atoms with van der Waals surface area (Å²) in [5.41, 5.74) is -1.86. The molecule has 2 unspecified atom stereocenters. The van der Waals surface area contributed by atoms with Crippen LogP contribution < -0.4 is 5.69 Å². The van der Waals surface area contributed by atoms with Crippen LogP contribution in [0.25, 0.3) is 0 Å². The van der Waals surface area contributed by atoms with Gasteiger partial charge in [-0.1, -0.05) is 25.4 Å². The number of likely N-dealkylation sites (tertiary alicyclic amines) is 1. The zero-order valence-electron chi connectivity index (χ0n) is 18.7. The number of aromatic nitrogens is 4. The lowest BCUT2D eigenvalue weighted by atomic mass is 10.1. The van der Waals surface area contributed by atoms with Crippen molar-refractivity contribution in [3.63, 3.8) is 0 Å². The Labute approximate surface area is 198 Å². The molecule has 0 spiro atoms. The molecule has 2 atom stereocenters. The van der Waals surface area contributed by atoms with Gasteiger partial charge < -0.3 is 4.90 Å². The van der Waals surface area contributed by atoms with Gasteiger partial charge in [0.1, 0.15) is 18.0 Å². The second-order valence-corrected chi connectivity index (χ2v) is 9.50. The molecule has 1 amide bonds. The second-order valence-electron chi connectivity index (χ2n) is 9.12. The van der Waals surface area contributed by atoms with Gasteiger partial charge in [-0.2, -0.15) is 18.3 Å². The van der Waals surface area contributed by atoms with E-state index in [2.05, 4.69) is 10.1 Å². The van der Waals surface area contributed by atoms with Crippen molar-refractivity contribution in [2.75, 3.05) is 26.2 Å². The fourth-order valence-electron chi connectivity index (χ4n) is 4.51. The summed E-state index contributed by atoms with van der Waals surface area (Å²) in [6.07, 6.45) is -4.56. The van der Waals surface area contributed by atoms with Gasteiger partial charge in [0.2, 0.25) is 5.91 Å². The minimum atomic E-state index is -4.67. The molecule has 0 aromatic carbocycles. The van der Waals surface area contributed by atoms with Crippen LogP contribution in [0.5, 0.6) is 0 Å². The minimum absolute atomic E-state index is 0.0263. The summed E-state index contributed by atoms with van der Waals surface area (Å²) in [6, 6.07) is -0.140. The Hall–Kier alpha value is -2.47. The topological polar surface area (TPSA) is 76.3 Å². The molecule has 0 bridgehead atoms. The lowest BCUT2D eigenvalue weighted by molar-refractivity contribution is -0.137. The third-order valence-electron chi connectivity index (χ3n) is 5.97. The van der Waals surface area contributed by atoms with E-state index in [1.54, 1.807) is 0 Å². The number of amides is 1. The van der Waals surface area contributed by atoms with E-state index < -0.39 is 34.7 Å². The van der Waals surface area contributed by atoms with Crippen molar-refractivity contribution >= 4 is 17.5 Å². The van der Waals surface area contributed by atoms with Crippen molar-refractivity contribution in [3.05, 3.63) is 44.9 Å². The molecule has 34 heavy (non-hydrogen) atoms. The van der Waals surface area contributed by atoms with Crippen molar-refractivity contribution < 1.29 is 22.4 Å². The highest BCUT2D eigenvalue weighted by molar-refractivity contribution is 6.32. The first-order chi connectivity index (χ1) is 16.0. The molecule has 2 aliphatic rings. The van der Waals surface area contributed by atoms with Crippen molar-refractivity contribution in [2.45, 2.75) is 51.7 Å². The summed E-state index contributed by atoms with van der Waals surface area (Å²) in [5.74, 6) is 0.229. The minimum Gasteiger partial charge on any atom is -0.338 e. The highest BCUT2D eigenvalue weighted by Gasteiger charge is 2.39. The maximum atomic E-state index is 13.7. The van der Waals surface area contributed by atoms with Crippen LogP contribution in [0.4, 0.5) is 17.6 Å². The Kier molecular flexibility index (Phi) is 6.74. The summed E-state index contributed by atoms with van der Waals surface area (Å²) < 4.78 is 55.6. The Morgan fingerprint density at radius 1 is 1.29 bits per heavy atom.